The number of hydrogen-bond donors (Lipinski definition) is 0. The Hall–Kier alpha value is -4.00. The molecular weight excluding hydrogens is 516 g/mol. The summed E-state index contributed by atoms with van der Waals surface area (Å²) in [5, 5.41) is 10.2. The third-order valence-electron chi connectivity index (χ3n) is 5.07. The lowest BCUT2D eigenvalue weighted by atomic mass is 10.1. The van der Waals surface area contributed by atoms with Gasteiger partial charge in [-0.05, 0) is 86.2 Å². The number of amides is 1. The first-order chi connectivity index (χ1) is 17.7. The monoisotopic (exact) mass is 540 g/mol. The highest BCUT2D eigenvalue weighted by Gasteiger charge is 2.33. The van der Waals surface area contributed by atoms with Crippen molar-refractivity contribution in [2.45, 2.75) is 18.7 Å². The Bertz CT molecular complexity index is 1430. The third-order valence-corrected chi connectivity index (χ3v) is 7.05. The van der Waals surface area contributed by atoms with Crippen molar-refractivity contribution in [3.63, 3.8) is 0 Å². The number of carbonyl (C=O) groups is 1. The molecule has 0 fully saturated rings. The average molecular weight is 541 g/mol. The fraction of sp³-hybridized carbons (Fsp3) is 0.185. The smallest absolute Gasteiger partial charge is 0.282 e. The SMILES string of the molecule is CCOc1ccc(N(C(=O)/C(C#N)=C/c2ccc(OCC)c(OC)c2)S(=O)(=O)c2ccc(Cl)cc2)cc1. The minimum atomic E-state index is -4.42. The van der Waals surface area contributed by atoms with Crippen molar-refractivity contribution in [3.8, 4) is 23.3 Å². The summed E-state index contributed by atoms with van der Waals surface area (Å²) < 4.78 is 44.1. The van der Waals surface area contributed by atoms with Gasteiger partial charge in [-0.2, -0.15) is 9.57 Å². The topological polar surface area (TPSA) is 106 Å². The van der Waals surface area contributed by atoms with Crippen molar-refractivity contribution in [3.05, 3.63) is 82.9 Å². The average Bonchev–Trinajstić information content (AvgIpc) is 2.89. The van der Waals surface area contributed by atoms with Gasteiger partial charge in [0.25, 0.3) is 15.9 Å². The van der Waals surface area contributed by atoms with E-state index >= 15 is 0 Å². The quantitative estimate of drug-likeness (QED) is 0.248. The summed E-state index contributed by atoms with van der Waals surface area (Å²) in [5.41, 5.74) is 0.0761. The number of hydrogen-bond acceptors (Lipinski definition) is 7. The molecule has 0 N–H and O–H groups in total. The van der Waals surface area contributed by atoms with Gasteiger partial charge in [0.1, 0.15) is 17.4 Å². The Balaban J connectivity index is 2.12. The number of rotatable bonds is 10. The second-order valence-corrected chi connectivity index (χ2v) is 9.69. The zero-order valence-corrected chi connectivity index (χ0v) is 22.0. The number of benzene rings is 3. The highest BCUT2D eigenvalue weighted by Crippen LogP contribution is 2.31. The van der Waals surface area contributed by atoms with Crippen molar-refractivity contribution >= 4 is 39.3 Å². The Morgan fingerprint density at radius 3 is 2.19 bits per heavy atom. The predicted molar refractivity (Wildman–Crippen MR) is 141 cm³/mol. The molecule has 0 aliphatic heterocycles. The number of nitrogens with zero attached hydrogens (tertiary/aromatic N) is 2. The van der Waals surface area contributed by atoms with Crippen LogP contribution in [-0.2, 0) is 14.8 Å². The van der Waals surface area contributed by atoms with E-state index in [0.29, 0.717) is 45.4 Å². The molecule has 1 amide bonds. The largest absolute Gasteiger partial charge is 0.494 e. The number of anilines is 1. The molecule has 0 radical (unpaired) electrons. The van der Waals surface area contributed by atoms with Crippen LogP contribution in [0.2, 0.25) is 5.02 Å². The standard InChI is InChI=1S/C27H25ClN2O6S/c1-4-35-23-11-9-22(10-12-23)30(37(32,33)24-13-7-21(28)8-14-24)27(31)20(18-29)16-19-6-15-25(36-5-2)26(17-19)34-3/h6-17H,4-5H2,1-3H3/b20-16+. The third kappa shape index (κ3) is 6.42. The van der Waals surface area contributed by atoms with E-state index in [1.807, 2.05) is 19.9 Å². The van der Waals surface area contributed by atoms with Gasteiger partial charge in [-0.25, -0.2) is 8.42 Å². The van der Waals surface area contributed by atoms with E-state index in [2.05, 4.69) is 0 Å². The molecule has 3 rings (SSSR count). The Kier molecular flexibility index (Phi) is 9.17. The second-order valence-electron chi connectivity index (χ2n) is 7.47. The lowest BCUT2D eigenvalue weighted by Gasteiger charge is -2.23. The van der Waals surface area contributed by atoms with Crippen molar-refractivity contribution in [2.24, 2.45) is 0 Å². The minimum Gasteiger partial charge on any atom is -0.494 e. The maximum atomic E-state index is 13.6. The molecule has 3 aromatic rings. The van der Waals surface area contributed by atoms with Gasteiger partial charge in [0.2, 0.25) is 0 Å². The lowest BCUT2D eigenvalue weighted by molar-refractivity contribution is -0.113. The summed E-state index contributed by atoms with van der Waals surface area (Å²) in [5.74, 6) is 0.361. The van der Waals surface area contributed by atoms with Gasteiger partial charge in [-0.1, -0.05) is 17.7 Å². The molecule has 0 heterocycles. The van der Waals surface area contributed by atoms with Crippen LogP contribution in [0.15, 0.2) is 77.2 Å². The molecule has 192 valence electrons. The zero-order valence-electron chi connectivity index (χ0n) is 20.5. The Labute approximate surface area is 221 Å². The Morgan fingerprint density at radius 1 is 0.973 bits per heavy atom. The molecule has 0 saturated carbocycles. The number of methoxy groups -OCH3 is 1. The molecule has 0 bridgehead atoms. The summed E-state index contributed by atoms with van der Waals surface area (Å²) in [6.07, 6.45) is 1.29. The fourth-order valence-electron chi connectivity index (χ4n) is 3.39. The number of nitriles is 1. The van der Waals surface area contributed by atoms with Crippen molar-refractivity contribution in [1.82, 2.24) is 0 Å². The molecule has 0 spiro atoms. The minimum absolute atomic E-state index is 0.0360. The molecule has 8 nitrogen and oxygen atoms in total. The summed E-state index contributed by atoms with van der Waals surface area (Å²) in [4.78, 5) is 13.5. The van der Waals surface area contributed by atoms with Gasteiger partial charge in [-0.15, -0.1) is 0 Å². The first kappa shape index (κ1) is 27.6. The number of sulfonamides is 1. The van der Waals surface area contributed by atoms with Gasteiger partial charge in [0.15, 0.2) is 11.5 Å². The van der Waals surface area contributed by atoms with Gasteiger partial charge in [-0.3, -0.25) is 4.79 Å². The van der Waals surface area contributed by atoms with Crippen LogP contribution >= 0.6 is 11.6 Å². The maximum absolute atomic E-state index is 13.6. The number of halogens is 1. The Morgan fingerprint density at radius 2 is 1.62 bits per heavy atom. The van der Waals surface area contributed by atoms with Gasteiger partial charge < -0.3 is 14.2 Å². The molecule has 0 atom stereocenters. The first-order valence-corrected chi connectivity index (χ1v) is 13.1. The molecule has 37 heavy (non-hydrogen) atoms. The van der Waals surface area contributed by atoms with E-state index in [1.54, 1.807) is 30.3 Å². The fourth-order valence-corrected chi connectivity index (χ4v) is 4.92. The number of carbonyl (C=O) groups excluding carboxylic acids is 1. The van der Waals surface area contributed by atoms with Gasteiger partial charge in [0, 0.05) is 5.02 Å². The van der Waals surface area contributed by atoms with E-state index in [9.17, 15) is 18.5 Å². The predicted octanol–water partition coefficient (Wildman–Crippen LogP) is 5.48. The van der Waals surface area contributed by atoms with E-state index < -0.39 is 21.5 Å². The first-order valence-electron chi connectivity index (χ1n) is 11.3. The van der Waals surface area contributed by atoms with E-state index in [-0.39, 0.29) is 10.6 Å². The number of ether oxygens (including phenoxy) is 3. The highest BCUT2D eigenvalue weighted by molar-refractivity contribution is 7.93. The van der Waals surface area contributed by atoms with Crippen LogP contribution in [0, 0.1) is 11.3 Å². The molecule has 0 saturated heterocycles. The summed E-state index contributed by atoms with van der Waals surface area (Å²) in [7, 11) is -2.96. The molecule has 0 aliphatic rings. The summed E-state index contributed by atoms with van der Waals surface area (Å²) in [6, 6.07) is 18.0. The highest BCUT2D eigenvalue weighted by atomic mass is 35.5. The van der Waals surface area contributed by atoms with E-state index in [0.717, 1.165) is 0 Å². The molecular formula is C27H25ClN2O6S. The van der Waals surface area contributed by atoms with Crippen LogP contribution in [0.1, 0.15) is 19.4 Å². The lowest BCUT2D eigenvalue weighted by Crippen LogP contribution is -2.37. The zero-order chi connectivity index (χ0) is 27.0. The van der Waals surface area contributed by atoms with Crippen LogP contribution in [0.5, 0.6) is 17.2 Å². The summed E-state index contributed by atoms with van der Waals surface area (Å²) in [6.45, 7) is 4.48. The van der Waals surface area contributed by atoms with Crippen molar-refractivity contribution < 1.29 is 27.4 Å². The normalized spacial score (nSPS) is 11.4. The molecule has 0 aliphatic carbocycles. The van der Waals surface area contributed by atoms with Crippen LogP contribution in [0.3, 0.4) is 0 Å². The van der Waals surface area contributed by atoms with Crippen LogP contribution in [0.4, 0.5) is 5.69 Å². The van der Waals surface area contributed by atoms with Crippen LogP contribution in [-0.4, -0.2) is 34.6 Å². The molecule has 10 heteroatoms. The second kappa shape index (κ2) is 12.3. The van der Waals surface area contributed by atoms with Crippen molar-refractivity contribution in [1.29, 1.82) is 5.26 Å². The molecule has 3 aromatic carbocycles. The van der Waals surface area contributed by atoms with Crippen LogP contribution < -0.4 is 18.5 Å². The van der Waals surface area contributed by atoms with Gasteiger partial charge >= 0.3 is 0 Å². The van der Waals surface area contributed by atoms with Crippen molar-refractivity contribution in [2.75, 3.05) is 24.6 Å². The van der Waals surface area contributed by atoms with E-state index in [1.165, 1.54) is 49.6 Å². The van der Waals surface area contributed by atoms with Crippen LogP contribution in [0.25, 0.3) is 6.08 Å². The molecule has 0 aromatic heterocycles. The van der Waals surface area contributed by atoms with Gasteiger partial charge in [0.05, 0.1) is 30.9 Å². The van der Waals surface area contributed by atoms with E-state index in [4.69, 9.17) is 25.8 Å². The maximum Gasteiger partial charge on any atom is 0.282 e. The summed E-state index contributed by atoms with van der Waals surface area (Å²) >= 11 is 5.93. The molecule has 0 unspecified atom stereocenters.